The maximum absolute atomic E-state index is 12.5. The van der Waals surface area contributed by atoms with E-state index in [2.05, 4.69) is 0 Å². The number of hydrogen-bond donors (Lipinski definition) is 1. The smallest absolute Gasteiger partial charge is 0.182 e. The van der Waals surface area contributed by atoms with Gasteiger partial charge in [-0.05, 0) is 25.5 Å². The Morgan fingerprint density at radius 1 is 1.47 bits per heavy atom. The van der Waals surface area contributed by atoms with Gasteiger partial charge in [0.05, 0.1) is 27.2 Å². The number of ether oxygens (including phenoxy) is 1. The highest BCUT2D eigenvalue weighted by Gasteiger charge is 2.63. The van der Waals surface area contributed by atoms with Crippen LogP contribution in [0.4, 0.5) is 0 Å². The summed E-state index contributed by atoms with van der Waals surface area (Å²) < 4.78 is 30.4. The van der Waals surface area contributed by atoms with Gasteiger partial charge in [-0.3, -0.25) is 0 Å². The summed E-state index contributed by atoms with van der Waals surface area (Å²) in [6.07, 6.45) is 0.444. The molecule has 2 N–H and O–H groups in total. The predicted molar refractivity (Wildman–Crippen MR) is 77.7 cm³/mol. The minimum absolute atomic E-state index is 0.227. The van der Waals surface area contributed by atoms with Gasteiger partial charge in [0.1, 0.15) is 0 Å². The molecule has 0 heterocycles. The van der Waals surface area contributed by atoms with Crippen LogP contribution in [-0.4, -0.2) is 31.9 Å². The molecule has 0 radical (unpaired) electrons. The Labute approximate surface area is 118 Å². The lowest BCUT2D eigenvalue weighted by atomic mass is 10.1. The summed E-state index contributed by atoms with van der Waals surface area (Å²) in [5.74, 6) is 0. The molecule has 1 aromatic rings. The van der Waals surface area contributed by atoms with E-state index >= 15 is 0 Å². The minimum Gasteiger partial charge on any atom is -0.393 e. The Kier molecular flexibility index (Phi) is 3.94. The van der Waals surface area contributed by atoms with Gasteiger partial charge in [-0.1, -0.05) is 30.4 Å². The summed E-state index contributed by atoms with van der Waals surface area (Å²) in [4.78, 5) is 0.542. The molecule has 2 atom stereocenters. The molecule has 1 aromatic carbocycles. The average molecular weight is 299 g/mol. The van der Waals surface area contributed by atoms with Crippen molar-refractivity contribution < 1.29 is 13.2 Å². The molecule has 1 aliphatic rings. The van der Waals surface area contributed by atoms with Crippen LogP contribution in [0, 0.1) is 5.41 Å². The van der Waals surface area contributed by atoms with Crippen LogP contribution in [0.1, 0.15) is 13.3 Å². The molecule has 1 fully saturated rings. The van der Waals surface area contributed by atoms with Crippen molar-refractivity contribution in [2.45, 2.75) is 23.5 Å². The van der Waals surface area contributed by atoms with E-state index in [4.69, 9.17) is 22.7 Å². The quantitative estimate of drug-likeness (QED) is 0.807. The summed E-state index contributed by atoms with van der Waals surface area (Å²) in [5.41, 5.74) is 5.03. The zero-order chi connectivity index (χ0) is 14.1. The number of thiocarbonyl (C=S) groups is 1. The van der Waals surface area contributed by atoms with Crippen molar-refractivity contribution in [1.29, 1.82) is 0 Å². The van der Waals surface area contributed by atoms with Crippen LogP contribution in [0.3, 0.4) is 0 Å². The Bertz CT molecular complexity index is 571. The molecule has 2 unspecified atom stereocenters. The van der Waals surface area contributed by atoms with Crippen LogP contribution < -0.4 is 5.73 Å². The van der Waals surface area contributed by atoms with Gasteiger partial charge in [0.2, 0.25) is 0 Å². The molecule has 1 aliphatic carbocycles. The van der Waals surface area contributed by atoms with Crippen molar-refractivity contribution in [2.24, 2.45) is 11.1 Å². The van der Waals surface area contributed by atoms with E-state index in [0.717, 1.165) is 0 Å². The fourth-order valence-electron chi connectivity index (χ4n) is 2.22. The van der Waals surface area contributed by atoms with Gasteiger partial charge < -0.3 is 10.5 Å². The highest BCUT2D eigenvalue weighted by atomic mass is 32.2. The van der Waals surface area contributed by atoms with Crippen molar-refractivity contribution in [3.63, 3.8) is 0 Å². The summed E-state index contributed by atoms with van der Waals surface area (Å²) in [5, 5.41) is -0.563. The third kappa shape index (κ3) is 2.52. The van der Waals surface area contributed by atoms with E-state index in [9.17, 15) is 8.42 Å². The van der Waals surface area contributed by atoms with Gasteiger partial charge in [-0.2, -0.15) is 0 Å². The fraction of sp³-hybridized carbons (Fsp3) is 0.462. The molecule has 0 bridgehead atoms. The van der Waals surface area contributed by atoms with E-state index in [0.29, 0.717) is 17.9 Å². The van der Waals surface area contributed by atoms with E-state index in [-0.39, 0.29) is 11.6 Å². The monoisotopic (exact) mass is 299 g/mol. The van der Waals surface area contributed by atoms with Gasteiger partial charge in [0, 0.05) is 6.61 Å². The molecule has 0 amide bonds. The Hall–Kier alpha value is -0.980. The standard InChI is InChI=1S/C13H17NO3S2/c1-2-17-9-13(12(14)18)8-11(13)19(15,16)10-6-4-3-5-7-10/h3-7,11H,2,8-9H2,1H3,(H2,14,18). The zero-order valence-electron chi connectivity index (χ0n) is 10.7. The number of rotatable bonds is 6. The highest BCUT2D eigenvalue weighted by Crippen LogP contribution is 2.53. The molecular weight excluding hydrogens is 282 g/mol. The first-order valence-corrected chi connectivity index (χ1v) is 8.07. The number of benzene rings is 1. The summed E-state index contributed by atoms with van der Waals surface area (Å²) in [6.45, 7) is 2.65. The van der Waals surface area contributed by atoms with E-state index in [1.54, 1.807) is 30.3 Å². The second-order valence-corrected chi connectivity index (χ2v) is 7.28. The molecule has 6 heteroatoms. The van der Waals surface area contributed by atoms with Crippen LogP contribution in [-0.2, 0) is 14.6 Å². The van der Waals surface area contributed by atoms with Gasteiger partial charge in [0.15, 0.2) is 9.84 Å². The molecule has 1 saturated carbocycles. The molecule has 4 nitrogen and oxygen atoms in total. The molecule has 0 aliphatic heterocycles. The molecule has 0 saturated heterocycles. The van der Waals surface area contributed by atoms with Crippen LogP contribution >= 0.6 is 12.2 Å². The second-order valence-electron chi connectivity index (χ2n) is 4.71. The lowest BCUT2D eigenvalue weighted by molar-refractivity contribution is 0.123. The van der Waals surface area contributed by atoms with Gasteiger partial charge >= 0.3 is 0 Å². The molecule has 0 aromatic heterocycles. The highest BCUT2D eigenvalue weighted by molar-refractivity contribution is 7.92. The lowest BCUT2D eigenvalue weighted by Crippen LogP contribution is -2.33. The van der Waals surface area contributed by atoms with Gasteiger partial charge in [-0.25, -0.2) is 8.42 Å². The van der Waals surface area contributed by atoms with Crippen LogP contribution in [0.25, 0.3) is 0 Å². The Morgan fingerprint density at radius 2 is 2.11 bits per heavy atom. The maximum atomic E-state index is 12.5. The SMILES string of the molecule is CCOCC1(C(N)=S)CC1S(=O)(=O)c1ccccc1. The molecular formula is C13H17NO3S2. The fourth-order valence-corrected chi connectivity index (χ4v) is 4.75. The largest absolute Gasteiger partial charge is 0.393 e. The third-order valence-corrected chi connectivity index (χ3v) is 6.21. The third-order valence-electron chi connectivity index (χ3n) is 3.51. The van der Waals surface area contributed by atoms with Crippen molar-refractivity contribution in [2.75, 3.05) is 13.2 Å². The average Bonchev–Trinajstić information content (AvgIpc) is 3.14. The lowest BCUT2D eigenvalue weighted by Gasteiger charge is -2.15. The molecule has 19 heavy (non-hydrogen) atoms. The molecule has 104 valence electrons. The van der Waals surface area contributed by atoms with E-state index in [1.807, 2.05) is 6.92 Å². The van der Waals surface area contributed by atoms with Crippen LogP contribution in [0.15, 0.2) is 35.2 Å². The van der Waals surface area contributed by atoms with Crippen molar-refractivity contribution in [3.8, 4) is 0 Å². The number of nitrogens with two attached hydrogens (primary N) is 1. The van der Waals surface area contributed by atoms with Crippen LogP contribution in [0.5, 0.6) is 0 Å². The van der Waals surface area contributed by atoms with E-state index in [1.165, 1.54) is 0 Å². The maximum Gasteiger partial charge on any atom is 0.182 e. The first kappa shape index (κ1) is 14.4. The summed E-state index contributed by atoms with van der Waals surface area (Å²) >= 11 is 5.04. The van der Waals surface area contributed by atoms with Crippen molar-refractivity contribution in [1.82, 2.24) is 0 Å². The van der Waals surface area contributed by atoms with Crippen molar-refractivity contribution in [3.05, 3.63) is 30.3 Å². The first-order valence-electron chi connectivity index (χ1n) is 6.12. The Morgan fingerprint density at radius 3 is 2.63 bits per heavy atom. The summed E-state index contributed by atoms with van der Waals surface area (Å²) in [7, 11) is -3.40. The Balaban J connectivity index is 2.27. The topological polar surface area (TPSA) is 69.4 Å². The zero-order valence-corrected chi connectivity index (χ0v) is 12.3. The van der Waals surface area contributed by atoms with Crippen molar-refractivity contribution >= 4 is 27.0 Å². The van der Waals surface area contributed by atoms with Gasteiger partial charge in [-0.15, -0.1) is 0 Å². The normalized spacial score (nSPS) is 26.1. The van der Waals surface area contributed by atoms with Gasteiger partial charge in [0.25, 0.3) is 0 Å². The number of hydrogen-bond acceptors (Lipinski definition) is 4. The molecule has 0 spiro atoms. The predicted octanol–water partition coefficient (Wildman–Crippen LogP) is 1.54. The number of sulfone groups is 1. The van der Waals surface area contributed by atoms with Crippen LogP contribution in [0.2, 0.25) is 0 Å². The first-order chi connectivity index (χ1) is 8.95. The van der Waals surface area contributed by atoms with E-state index < -0.39 is 20.5 Å². The molecule has 2 rings (SSSR count). The minimum atomic E-state index is -3.40. The second kappa shape index (κ2) is 5.19. The summed E-state index contributed by atoms with van der Waals surface area (Å²) in [6, 6.07) is 8.39.